The first-order valence-corrected chi connectivity index (χ1v) is 6.86. The van der Waals surface area contributed by atoms with E-state index in [0.29, 0.717) is 17.8 Å². The van der Waals surface area contributed by atoms with Crippen LogP contribution in [0.25, 0.3) is 0 Å². The molecule has 0 aliphatic rings. The van der Waals surface area contributed by atoms with Gasteiger partial charge in [-0.25, -0.2) is 0 Å². The fraction of sp³-hybridized carbons (Fsp3) is 0.533. The molecule has 1 aromatic rings. The molecule has 0 unspecified atom stereocenters. The molecule has 0 aliphatic carbocycles. The van der Waals surface area contributed by atoms with Crippen LogP contribution in [0.5, 0.6) is 0 Å². The Balaban J connectivity index is 2.99. The SMILES string of the molecule is CN(C)C(=O)c1ccc([N+](=O)[O-])c(NCCC(C)(C)C)c1. The number of nitro groups is 1. The monoisotopic (exact) mass is 293 g/mol. The Kier molecular flexibility index (Phi) is 5.29. The van der Waals surface area contributed by atoms with Gasteiger partial charge in [-0.2, -0.15) is 0 Å². The topological polar surface area (TPSA) is 75.5 Å². The predicted molar refractivity (Wildman–Crippen MR) is 83.7 cm³/mol. The molecule has 0 atom stereocenters. The highest BCUT2D eigenvalue weighted by atomic mass is 16.6. The van der Waals surface area contributed by atoms with E-state index in [1.54, 1.807) is 20.2 Å². The number of nitrogens with one attached hydrogen (secondary N) is 1. The van der Waals surface area contributed by atoms with Crippen LogP contribution in [0.1, 0.15) is 37.6 Å². The number of hydrogen-bond donors (Lipinski definition) is 1. The predicted octanol–water partition coefficient (Wildman–Crippen LogP) is 3.14. The Bertz CT molecular complexity index is 533. The van der Waals surface area contributed by atoms with Crippen LogP contribution in [-0.4, -0.2) is 36.4 Å². The van der Waals surface area contributed by atoms with Crippen LogP contribution in [0.15, 0.2) is 18.2 Å². The van der Waals surface area contributed by atoms with Crippen molar-refractivity contribution >= 4 is 17.3 Å². The van der Waals surface area contributed by atoms with Gasteiger partial charge >= 0.3 is 0 Å². The van der Waals surface area contributed by atoms with Gasteiger partial charge in [-0.1, -0.05) is 20.8 Å². The highest BCUT2D eigenvalue weighted by Gasteiger charge is 2.18. The third-order valence-corrected chi connectivity index (χ3v) is 3.04. The van der Waals surface area contributed by atoms with Crippen molar-refractivity contribution in [3.63, 3.8) is 0 Å². The molecule has 0 radical (unpaired) electrons. The van der Waals surface area contributed by atoms with Gasteiger partial charge in [0, 0.05) is 32.3 Å². The van der Waals surface area contributed by atoms with Crippen LogP contribution >= 0.6 is 0 Å². The van der Waals surface area contributed by atoms with Gasteiger partial charge in [0.1, 0.15) is 5.69 Å². The Morgan fingerprint density at radius 3 is 2.43 bits per heavy atom. The molecule has 0 spiro atoms. The maximum atomic E-state index is 11.9. The van der Waals surface area contributed by atoms with E-state index in [0.717, 1.165) is 6.42 Å². The standard InChI is InChI=1S/C15H23N3O3/c1-15(2,3)8-9-16-12-10-11(14(19)17(4)5)6-7-13(12)18(20)21/h6-7,10,16H,8-9H2,1-5H3. The average molecular weight is 293 g/mol. The highest BCUT2D eigenvalue weighted by Crippen LogP contribution is 2.27. The molecule has 0 fully saturated rings. The van der Waals surface area contributed by atoms with Gasteiger partial charge in [0.2, 0.25) is 0 Å². The summed E-state index contributed by atoms with van der Waals surface area (Å²) >= 11 is 0. The lowest BCUT2D eigenvalue weighted by molar-refractivity contribution is -0.384. The van der Waals surface area contributed by atoms with Crippen molar-refractivity contribution in [3.05, 3.63) is 33.9 Å². The Morgan fingerprint density at radius 1 is 1.33 bits per heavy atom. The average Bonchev–Trinajstić information content (AvgIpc) is 2.35. The summed E-state index contributed by atoms with van der Waals surface area (Å²) in [6.45, 7) is 6.93. The number of nitro benzene ring substituents is 1. The molecule has 6 heteroatoms. The molecular weight excluding hydrogens is 270 g/mol. The van der Waals surface area contributed by atoms with Crippen LogP contribution in [0.3, 0.4) is 0 Å². The molecule has 1 amide bonds. The first-order valence-electron chi connectivity index (χ1n) is 6.86. The quantitative estimate of drug-likeness (QED) is 0.668. The van der Waals surface area contributed by atoms with E-state index in [9.17, 15) is 14.9 Å². The summed E-state index contributed by atoms with van der Waals surface area (Å²) in [5.74, 6) is -0.177. The highest BCUT2D eigenvalue weighted by molar-refractivity contribution is 5.95. The smallest absolute Gasteiger partial charge is 0.292 e. The molecule has 21 heavy (non-hydrogen) atoms. The number of hydrogen-bond acceptors (Lipinski definition) is 4. The molecule has 1 aromatic carbocycles. The zero-order valence-corrected chi connectivity index (χ0v) is 13.3. The van der Waals surface area contributed by atoms with Crippen LogP contribution in [0.4, 0.5) is 11.4 Å². The maximum absolute atomic E-state index is 11.9. The summed E-state index contributed by atoms with van der Waals surface area (Å²) in [6.07, 6.45) is 0.871. The van der Waals surface area contributed by atoms with Crippen LogP contribution < -0.4 is 5.32 Å². The molecule has 116 valence electrons. The van der Waals surface area contributed by atoms with Gasteiger partial charge < -0.3 is 10.2 Å². The molecule has 6 nitrogen and oxygen atoms in total. The normalized spacial score (nSPS) is 11.1. The third-order valence-electron chi connectivity index (χ3n) is 3.04. The number of nitrogens with zero attached hydrogens (tertiary/aromatic N) is 2. The maximum Gasteiger partial charge on any atom is 0.292 e. The molecule has 0 aliphatic heterocycles. The summed E-state index contributed by atoms with van der Waals surface area (Å²) in [5.41, 5.74) is 0.943. The van der Waals surface area contributed by atoms with Crippen molar-refractivity contribution in [2.24, 2.45) is 5.41 Å². The van der Waals surface area contributed by atoms with Gasteiger partial charge in [0.05, 0.1) is 4.92 Å². The largest absolute Gasteiger partial charge is 0.379 e. The van der Waals surface area contributed by atoms with E-state index in [1.807, 2.05) is 0 Å². The minimum Gasteiger partial charge on any atom is -0.379 e. The van der Waals surface area contributed by atoms with Crippen molar-refractivity contribution < 1.29 is 9.72 Å². The van der Waals surface area contributed by atoms with Gasteiger partial charge in [-0.05, 0) is 24.0 Å². The number of amides is 1. The number of anilines is 1. The summed E-state index contributed by atoms with van der Waals surface area (Å²) < 4.78 is 0. The summed E-state index contributed by atoms with van der Waals surface area (Å²) in [4.78, 5) is 24.0. The zero-order valence-electron chi connectivity index (χ0n) is 13.3. The molecule has 0 saturated heterocycles. The second-order valence-corrected chi connectivity index (χ2v) is 6.43. The molecule has 0 heterocycles. The van der Waals surface area contributed by atoms with Gasteiger partial charge in [-0.15, -0.1) is 0 Å². The number of carbonyl (C=O) groups excluding carboxylic acids is 1. The fourth-order valence-electron chi connectivity index (χ4n) is 1.80. The van der Waals surface area contributed by atoms with Crippen molar-refractivity contribution in [3.8, 4) is 0 Å². The Labute approximate surface area is 125 Å². The van der Waals surface area contributed by atoms with Crippen molar-refractivity contribution in [1.29, 1.82) is 0 Å². The number of rotatable bonds is 5. The van der Waals surface area contributed by atoms with E-state index < -0.39 is 4.92 Å². The minimum absolute atomic E-state index is 0.0146. The molecule has 0 bridgehead atoms. The van der Waals surface area contributed by atoms with Crippen molar-refractivity contribution in [1.82, 2.24) is 4.90 Å². The summed E-state index contributed by atoms with van der Waals surface area (Å²) in [6, 6.07) is 4.40. The Hall–Kier alpha value is -2.11. The van der Waals surface area contributed by atoms with Crippen LogP contribution in [0.2, 0.25) is 0 Å². The summed E-state index contributed by atoms with van der Waals surface area (Å²) in [5, 5.41) is 14.1. The lowest BCUT2D eigenvalue weighted by atomic mass is 9.92. The number of benzene rings is 1. The first-order chi connectivity index (χ1) is 9.61. The first kappa shape index (κ1) is 16.9. The van der Waals surface area contributed by atoms with Gasteiger partial charge in [0.25, 0.3) is 11.6 Å². The fourth-order valence-corrected chi connectivity index (χ4v) is 1.80. The number of carbonyl (C=O) groups is 1. The van der Waals surface area contributed by atoms with Crippen LogP contribution in [0, 0.1) is 15.5 Å². The van der Waals surface area contributed by atoms with Crippen molar-refractivity contribution in [2.75, 3.05) is 26.0 Å². The van der Waals surface area contributed by atoms with E-state index in [-0.39, 0.29) is 17.0 Å². The lowest BCUT2D eigenvalue weighted by Gasteiger charge is -2.19. The minimum atomic E-state index is -0.441. The van der Waals surface area contributed by atoms with Gasteiger partial charge in [-0.3, -0.25) is 14.9 Å². The zero-order chi connectivity index (χ0) is 16.2. The Morgan fingerprint density at radius 2 is 1.95 bits per heavy atom. The lowest BCUT2D eigenvalue weighted by Crippen LogP contribution is -2.22. The van der Waals surface area contributed by atoms with E-state index in [2.05, 4.69) is 26.1 Å². The van der Waals surface area contributed by atoms with E-state index in [1.165, 1.54) is 17.0 Å². The van der Waals surface area contributed by atoms with Crippen LogP contribution in [-0.2, 0) is 0 Å². The molecule has 1 N–H and O–H groups in total. The molecule has 0 saturated carbocycles. The van der Waals surface area contributed by atoms with Crippen molar-refractivity contribution in [2.45, 2.75) is 27.2 Å². The molecular formula is C15H23N3O3. The third kappa shape index (κ3) is 5.06. The second kappa shape index (κ2) is 6.56. The van der Waals surface area contributed by atoms with E-state index >= 15 is 0 Å². The molecule has 1 rings (SSSR count). The van der Waals surface area contributed by atoms with E-state index in [4.69, 9.17) is 0 Å². The second-order valence-electron chi connectivity index (χ2n) is 6.43. The van der Waals surface area contributed by atoms with Gasteiger partial charge in [0.15, 0.2) is 0 Å². The summed E-state index contributed by atoms with van der Waals surface area (Å²) in [7, 11) is 3.30. The molecule has 0 aromatic heterocycles.